The van der Waals surface area contributed by atoms with Crippen LogP contribution in [0, 0.1) is 6.92 Å². The maximum atomic E-state index is 13.5. The van der Waals surface area contributed by atoms with Gasteiger partial charge in [0.15, 0.2) is 5.65 Å². The van der Waals surface area contributed by atoms with Gasteiger partial charge in [-0.15, -0.1) is 0 Å². The number of alkyl halides is 3. The molecule has 6 nitrogen and oxygen atoms in total. The molecule has 3 heterocycles. The van der Waals surface area contributed by atoms with E-state index in [0.29, 0.717) is 11.4 Å². The van der Waals surface area contributed by atoms with Gasteiger partial charge in [-0.25, -0.2) is 9.50 Å². The molecule has 0 unspecified atom stereocenters. The zero-order chi connectivity index (χ0) is 22.2. The van der Waals surface area contributed by atoms with Gasteiger partial charge in [0.25, 0.3) is 0 Å². The molecule has 3 aromatic rings. The highest BCUT2D eigenvalue weighted by Crippen LogP contribution is 2.35. The number of carbonyl (C=O) groups excluding carboxylic acids is 1. The summed E-state index contributed by atoms with van der Waals surface area (Å²) in [5.74, 6) is -0.101. The lowest BCUT2D eigenvalue weighted by Crippen LogP contribution is -2.35. The van der Waals surface area contributed by atoms with Crippen molar-refractivity contribution in [2.24, 2.45) is 0 Å². The summed E-state index contributed by atoms with van der Waals surface area (Å²) in [6.07, 6.45) is -2.58. The van der Waals surface area contributed by atoms with E-state index in [-0.39, 0.29) is 30.1 Å². The lowest BCUT2D eigenvalue weighted by Gasteiger charge is -2.29. The van der Waals surface area contributed by atoms with E-state index in [1.807, 2.05) is 37.3 Å². The van der Waals surface area contributed by atoms with Gasteiger partial charge < -0.3 is 5.32 Å². The van der Waals surface area contributed by atoms with Crippen molar-refractivity contribution in [2.75, 3.05) is 11.9 Å². The van der Waals surface area contributed by atoms with E-state index in [9.17, 15) is 18.0 Å². The molecule has 1 fully saturated rings. The fraction of sp³-hybridized carbons (Fsp3) is 0.409. The highest BCUT2D eigenvalue weighted by molar-refractivity contribution is 5.91. The number of fused-ring (bicyclic) bond motifs is 1. The highest BCUT2D eigenvalue weighted by Gasteiger charge is 2.37. The summed E-state index contributed by atoms with van der Waals surface area (Å²) in [4.78, 5) is 18.8. The van der Waals surface area contributed by atoms with Crippen molar-refractivity contribution in [1.29, 1.82) is 0 Å². The third-order valence-electron chi connectivity index (χ3n) is 5.60. The number of nitrogens with zero attached hydrogens (tertiary/aromatic N) is 4. The Morgan fingerprint density at radius 3 is 2.71 bits per heavy atom. The molecule has 1 N–H and O–H groups in total. The van der Waals surface area contributed by atoms with Crippen molar-refractivity contribution in [3.63, 3.8) is 0 Å². The Morgan fingerprint density at radius 1 is 1.26 bits per heavy atom. The van der Waals surface area contributed by atoms with Gasteiger partial charge in [0, 0.05) is 29.9 Å². The first kappa shape index (κ1) is 21.3. The topological polar surface area (TPSA) is 62.5 Å². The fourth-order valence-electron chi connectivity index (χ4n) is 4.24. The summed E-state index contributed by atoms with van der Waals surface area (Å²) in [7, 11) is 0. The second kappa shape index (κ2) is 8.30. The van der Waals surface area contributed by atoms with Crippen LogP contribution < -0.4 is 5.32 Å². The van der Waals surface area contributed by atoms with Crippen LogP contribution in [0.5, 0.6) is 0 Å². The lowest BCUT2D eigenvalue weighted by atomic mass is 10.1. The minimum atomic E-state index is -4.52. The van der Waals surface area contributed by atoms with Gasteiger partial charge >= 0.3 is 6.18 Å². The maximum Gasteiger partial charge on any atom is 0.433 e. The molecular formula is C22H24F3N5O. The van der Waals surface area contributed by atoms with Crippen molar-refractivity contribution >= 4 is 17.2 Å². The summed E-state index contributed by atoms with van der Waals surface area (Å²) in [6.45, 7) is 4.26. The molecule has 4 rings (SSSR count). The monoisotopic (exact) mass is 431 g/mol. The Hall–Kier alpha value is -2.94. The van der Waals surface area contributed by atoms with Gasteiger partial charge in [-0.05, 0) is 51.4 Å². The molecule has 1 aromatic carbocycles. The molecule has 9 heteroatoms. The highest BCUT2D eigenvalue weighted by atomic mass is 19.4. The molecule has 0 radical (unpaired) electrons. The second-order valence-electron chi connectivity index (χ2n) is 7.98. The summed E-state index contributed by atoms with van der Waals surface area (Å²) < 4.78 is 41.3. The number of nitrogens with one attached hydrogen (secondary N) is 1. The Morgan fingerprint density at radius 2 is 2.00 bits per heavy atom. The molecule has 1 saturated heterocycles. The molecule has 2 atom stereocenters. The molecule has 0 saturated carbocycles. The number of hydrogen-bond donors (Lipinski definition) is 1. The number of carbonyl (C=O) groups is 1. The number of aryl methyl sites for hydroxylation is 1. The van der Waals surface area contributed by atoms with Crippen molar-refractivity contribution in [3.8, 4) is 0 Å². The number of anilines is 1. The summed E-state index contributed by atoms with van der Waals surface area (Å²) in [5.41, 5.74) is 0.931. The van der Waals surface area contributed by atoms with Crippen LogP contribution in [0.4, 0.5) is 18.9 Å². The third kappa shape index (κ3) is 4.56. The molecular weight excluding hydrogens is 407 g/mol. The van der Waals surface area contributed by atoms with Gasteiger partial charge in [-0.3, -0.25) is 9.69 Å². The van der Waals surface area contributed by atoms with Crippen LogP contribution in [0.15, 0.2) is 42.5 Å². The van der Waals surface area contributed by atoms with Gasteiger partial charge in [-0.1, -0.05) is 18.2 Å². The smallest absolute Gasteiger partial charge is 0.326 e. The first-order chi connectivity index (χ1) is 14.7. The number of amides is 1. The standard InChI is InChI=1S/C22H24F3N5O/c1-14-11-19(22(23,24)25)30-20(26-14)13-17(28-30)18-9-6-10-29(18)15(2)12-21(31)27-16-7-4-3-5-8-16/h3-5,7-8,11,13,15,18H,6,9-10,12H2,1-2H3,(H,27,31)/t15-,18-/m1/s1. The number of likely N-dealkylation sites (tertiary alicyclic amines) is 1. The van der Waals surface area contributed by atoms with Gasteiger partial charge in [0.05, 0.1) is 11.7 Å². The predicted molar refractivity (Wildman–Crippen MR) is 111 cm³/mol. The average molecular weight is 431 g/mol. The van der Waals surface area contributed by atoms with Gasteiger partial charge in [0.2, 0.25) is 5.91 Å². The largest absolute Gasteiger partial charge is 0.433 e. The number of halogens is 3. The first-order valence-electron chi connectivity index (χ1n) is 10.3. The number of hydrogen-bond acceptors (Lipinski definition) is 4. The Kier molecular flexibility index (Phi) is 5.70. The minimum Gasteiger partial charge on any atom is -0.326 e. The van der Waals surface area contributed by atoms with Crippen LogP contribution in [-0.4, -0.2) is 38.0 Å². The van der Waals surface area contributed by atoms with Gasteiger partial charge in [0.1, 0.15) is 5.69 Å². The molecule has 164 valence electrons. The number of para-hydroxylation sites is 1. The van der Waals surface area contributed by atoms with Crippen LogP contribution in [0.2, 0.25) is 0 Å². The van der Waals surface area contributed by atoms with Crippen LogP contribution >= 0.6 is 0 Å². The molecule has 0 aliphatic carbocycles. The van der Waals surface area contributed by atoms with E-state index in [1.54, 1.807) is 6.07 Å². The van der Waals surface area contributed by atoms with Crippen LogP contribution in [0.1, 0.15) is 49.3 Å². The predicted octanol–water partition coefficient (Wildman–Crippen LogP) is 4.61. The van der Waals surface area contributed by atoms with E-state index in [2.05, 4.69) is 20.3 Å². The molecule has 31 heavy (non-hydrogen) atoms. The van der Waals surface area contributed by atoms with Crippen LogP contribution in [-0.2, 0) is 11.0 Å². The number of aromatic nitrogens is 3. The van der Waals surface area contributed by atoms with Crippen LogP contribution in [0.3, 0.4) is 0 Å². The number of rotatable bonds is 5. The van der Waals surface area contributed by atoms with Crippen molar-refractivity contribution in [2.45, 2.75) is 51.4 Å². The van der Waals surface area contributed by atoms with E-state index < -0.39 is 11.9 Å². The summed E-state index contributed by atoms with van der Waals surface area (Å²) in [6, 6.07) is 11.6. The zero-order valence-electron chi connectivity index (χ0n) is 17.4. The Labute approximate surface area is 178 Å². The lowest BCUT2D eigenvalue weighted by molar-refractivity contribution is -0.142. The average Bonchev–Trinajstić information content (AvgIpc) is 3.33. The molecule has 1 aliphatic rings. The zero-order valence-corrected chi connectivity index (χ0v) is 17.4. The third-order valence-corrected chi connectivity index (χ3v) is 5.60. The van der Waals surface area contributed by atoms with Gasteiger partial charge in [-0.2, -0.15) is 18.3 Å². The molecule has 1 amide bonds. The maximum absolute atomic E-state index is 13.5. The molecule has 0 spiro atoms. The quantitative estimate of drug-likeness (QED) is 0.641. The fourth-order valence-corrected chi connectivity index (χ4v) is 4.24. The van der Waals surface area contributed by atoms with E-state index in [4.69, 9.17) is 0 Å². The van der Waals surface area contributed by atoms with E-state index >= 15 is 0 Å². The molecule has 2 aromatic heterocycles. The van der Waals surface area contributed by atoms with E-state index in [1.165, 1.54) is 6.92 Å². The number of benzene rings is 1. The van der Waals surface area contributed by atoms with Crippen molar-refractivity contribution < 1.29 is 18.0 Å². The molecule has 0 bridgehead atoms. The second-order valence-corrected chi connectivity index (χ2v) is 7.98. The summed E-state index contributed by atoms with van der Waals surface area (Å²) in [5, 5.41) is 7.16. The Bertz CT molecular complexity index is 1080. The summed E-state index contributed by atoms with van der Waals surface area (Å²) >= 11 is 0. The normalized spacial score (nSPS) is 18.4. The van der Waals surface area contributed by atoms with Crippen LogP contribution in [0.25, 0.3) is 5.65 Å². The van der Waals surface area contributed by atoms with Crippen molar-refractivity contribution in [1.82, 2.24) is 19.5 Å². The first-order valence-corrected chi connectivity index (χ1v) is 10.3. The van der Waals surface area contributed by atoms with E-state index in [0.717, 1.165) is 35.7 Å². The SMILES string of the molecule is Cc1cc(C(F)(F)F)n2nc([C@H]3CCCN3[C@H](C)CC(=O)Nc3ccccc3)cc2n1. The van der Waals surface area contributed by atoms with Crippen molar-refractivity contribution in [3.05, 3.63) is 59.5 Å². The molecule has 1 aliphatic heterocycles. The minimum absolute atomic E-state index is 0.0854. The Balaban J connectivity index is 1.54.